The standard InChI is InChI=1S/C15H18BNO4/c1-14(2)15(3,4)21-16(20-14)9-6-7-10-11(8-9)13(19)17(5)12(10)18/h6-8H,1-5H3. The Morgan fingerprint density at radius 1 is 0.952 bits per heavy atom. The van der Waals surface area contributed by atoms with Gasteiger partial charge in [-0.25, -0.2) is 0 Å². The fraction of sp³-hybridized carbons (Fsp3) is 0.467. The Labute approximate surface area is 124 Å². The van der Waals surface area contributed by atoms with Crippen molar-refractivity contribution in [3.8, 4) is 0 Å². The van der Waals surface area contributed by atoms with Crippen molar-refractivity contribution in [1.29, 1.82) is 0 Å². The summed E-state index contributed by atoms with van der Waals surface area (Å²) in [6.07, 6.45) is 0. The van der Waals surface area contributed by atoms with Gasteiger partial charge in [0, 0.05) is 7.05 Å². The second-order valence-electron chi connectivity index (χ2n) is 6.56. The average molecular weight is 287 g/mol. The van der Waals surface area contributed by atoms with Crippen LogP contribution >= 0.6 is 0 Å². The average Bonchev–Trinajstić information content (AvgIpc) is 2.75. The second-order valence-corrected chi connectivity index (χ2v) is 6.56. The zero-order chi connectivity index (χ0) is 15.6. The third-order valence-electron chi connectivity index (χ3n) is 4.64. The molecule has 0 N–H and O–H groups in total. The quantitative estimate of drug-likeness (QED) is 0.575. The third kappa shape index (κ3) is 1.93. The monoisotopic (exact) mass is 287 g/mol. The molecule has 0 spiro atoms. The molecule has 2 amide bonds. The fourth-order valence-electron chi connectivity index (χ4n) is 2.50. The predicted octanol–water partition coefficient (Wildman–Crippen LogP) is 1.21. The molecule has 0 aromatic heterocycles. The normalized spacial score (nSPS) is 22.9. The van der Waals surface area contributed by atoms with E-state index in [2.05, 4.69) is 0 Å². The molecule has 1 saturated heterocycles. The Morgan fingerprint density at radius 3 is 2.05 bits per heavy atom. The van der Waals surface area contributed by atoms with Crippen LogP contribution in [0.1, 0.15) is 48.4 Å². The molecule has 1 aromatic rings. The van der Waals surface area contributed by atoms with Gasteiger partial charge < -0.3 is 9.31 Å². The van der Waals surface area contributed by atoms with Crippen LogP contribution in [0.2, 0.25) is 0 Å². The molecule has 0 saturated carbocycles. The lowest BCUT2D eigenvalue weighted by atomic mass is 9.78. The summed E-state index contributed by atoms with van der Waals surface area (Å²) in [5, 5.41) is 0. The number of rotatable bonds is 1. The molecule has 1 aromatic carbocycles. The number of hydrogen-bond acceptors (Lipinski definition) is 4. The molecule has 0 bridgehead atoms. The highest BCUT2D eigenvalue weighted by atomic mass is 16.7. The van der Waals surface area contributed by atoms with Crippen LogP contribution in [0, 0.1) is 0 Å². The zero-order valence-corrected chi connectivity index (χ0v) is 12.9. The highest BCUT2D eigenvalue weighted by molar-refractivity contribution is 6.62. The molecular formula is C15H18BNO4. The van der Waals surface area contributed by atoms with E-state index in [9.17, 15) is 9.59 Å². The van der Waals surface area contributed by atoms with E-state index in [4.69, 9.17) is 9.31 Å². The number of carbonyl (C=O) groups excluding carboxylic acids is 2. The van der Waals surface area contributed by atoms with Gasteiger partial charge in [0.15, 0.2) is 0 Å². The van der Waals surface area contributed by atoms with Crippen molar-refractivity contribution in [3.05, 3.63) is 29.3 Å². The summed E-state index contributed by atoms with van der Waals surface area (Å²) in [6, 6.07) is 5.14. The van der Waals surface area contributed by atoms with Crippen molar-refractivity contribution in [2.75, 3.05) is 7.05 Å². The van der Waals surface area contributed by atoms with Crippen LogP contribution in [0.3, 0.4) is 0 Å². The summed E-state index contributed by atoms with van der Waals surface area (Å²) in [6.45, 7) is 7.90. The number of imide groups is 1. The van der Waals surface area contributed by atoms with Gasteiger partial charge in [0.25, 0.3) is 11.8 Å². The molecule has 0 radical (unpaired) electrons. The maximum atomic E-state index is 12.1. The molecule has 2 heterocycles. The lowest BCUT2D eigenvalue weighted by molar-refractivity contribution is 0.00578. The number of benzene rings is 1. The van der Waals surface area contributed by atoms with Crippen molar-refractivity contribution in [2.45, 2.75) is 38.9 Å². The van der Waals surface area contributed by atoms with Gasteiger partial charge in [-0.2, -0.15) is 0 Å². The molecule has 2 aliphatic heterocycles. The molecule has 110 valence electrons. The van der Waals surface area contributed by atoms with Gasteiger partial charge in [-0.1, -0.05) is 6.07 Å². The van der Waals surface area contributed by atoms with Crippen LogP contribution in [0.5, 0.6) is 0 Å². The number of fused-ring (bicyclic) bond motifs is 1. The predicted molar refractivity (Wildman–Crippen MR) is 78.6 cm³/mol. The SMILES string of the molecule is CN1C(=O)c2ccc(B3OC(C)(C)C(C)(C)O3)cc2C1=O. The molecule has 1 fully saturated rings. The molecule has 0 aliphatic carbocycles. The zero-order valence-electron chi connectivity index (χ0n) is 12.9. The minimum absolute atomic E-state index is 0.268. The Bertz CT molecular complexity index is 637. The molecule has 2 aliphatic rings. The van der Waals surface area contributed by atoms with E-state index in [1.807, 2.05) is 27.7 Å². The van der Waals surface area contributed by atoms with Gasteiger partial charge in [-0.05, 0) is 45.3 Å². The molecule has 21 heavy (non-hydrogen) atoms. The summed E-state index contributed by atoms with van der Waals surface area (Å²) in [4.78, 5) is 25.1. The molecule has 3 rings (SSSR count). The molecule has 5 nitrogen and oxygen atoms in total. The summed E-state index contributed by atoms with van der Waals surface area (Å²) in [5.74, 6) is -0.552. The molecule has 0 unspecified atom stereocenters. The van der Waals surface area contributed by atoms with Crippen molar-refractivity contribution < 1.29 is 18.9 Å². The molecule has 0 atom stereocenters. The largest absolute Gasteiger partial charge is 0.494 e. The van der Waals surface area contributed by atoms with Crippen LogP contribution in [0.15, 0.2) is 18.2 Å². The van der Waals surface area contributed by atoms with E-state index in [1.54, 1.807) is 18.2 Å². The highest BCUT2D eigenvalue weighted by Crippen LogP contribution is 2.36. The van der Waals surface area contributed by atoms with Gasteiger partial charge in [0.1, 0.15) is 0 Å². The van der Waals surface area contributed by atoms with E-state index in [0.717, 1.165) is 10.4 Å². The van der Waals surface area contributed by atoms with Crippen molar-refractivity contribution in [3.63, 3.8) is 0 Å². The summed E-state index contributed by atoms with van der Waals surface area (Å²) >= 11 is 0. The number of carbonyl (C=O) groups is 2. The minimum atomic E-state index is -0.533. The number of nitrogens with zero attached hydrogens (tertiary/aromatic N) is 1. The molecular weight excluding hydrogens is 269 g/mol. The Balaban J connectivity index is 1.97. The van der Waals surface area contributed by atoms with Crippen molar-refractivity contribution >= 4 is 24.4 Å². The summed E-state index contributed by atoms with van der Waals surface area (Å²) in [5.41, 5.74) is 0.724. The maximum absolute atomic E-state index is 12.1. The first-order valence-electron chi connectivity index (χ1n) is 6.96. The van der Waals surface area contributed by atoms with Crippen LogP contribution in [-0.4, -0.2) is 42.1 Å². The number of amides is 2. The van der Waals surface area contributed by atoms with Gasteiger partial charge in [0.05, 0.1) is 22.3 Å². The van der Waals surface area contributed by atoms with E-state index >= 15 is 0 Å². The van der Waals surface area contributed by atoms with Crippen LogP contribution < -0.4 is 5.46 Å². The van der Waals surface area contributed by atoms with E-state index in [-0.39, 0.29) is 11.8 Å². The highest BCUT2D eigenvalue weighted by Gasteiger charge is 2.52. The van der Waals surface area contributed by atoms with Gasteiger partial charge in [0.2, 0.25) is 0 Å². The Morgan fingerprint density at radius 2 is 1.48 bits per heavy atom. The maximum Gasteiger partial charge on any atom is 0.494 e. The van der Waals surface area contributed by atoms with Gasteiger partial charge in [-0.15, -0.1) is 0 Å². The van der Waals surface area contributed by atoms with E-state index in [1.165, 1.54) is 7.05 Å². The minimum Gasteiger partial charge on any atom is -0.399 e. The first kappa shape index (κ1) is 14.3. The van der Waals surface area contributed by atoms with Crippen molar-refractivity contribution in [1.82, 2.24) is 4.90 Å². The van der Waals surface area contributed by atoms with Gasteiger partial charge in [-0.3, -0.25) is 14.5 Å². The Kier molecular flexibility index (Phi) is 2.84. The summed E-state index contributed by atoms with van der Waals surface area (Å²) in [7, 11) is 0.952. The van der Waals surface area contributed by atoms with E-state index in [0.29, 0.717) is 11.1 Å². The second kappa shape index (κ2) is 4.18. The first-order chi connectivity index (χ1) is 9.64. The van der Waals surface area contributed by atoms with Crippen LogP contribution in [-0.2, 0) is 9.31 Å². The van der Waals surface area contributed by atoms with Gasteiger partial charge >= 0.3 is 7.12 Å². The lowest BCUT2D eigenvalue weighted by Crippen LogP contribution is -2.41. The topological polar surface area (TPSA) is 55.8 Å². The third-order valence-corrected chi connectivity index (χ3v) is 4.64. The fourth-order valence-corrected chi connectivity index (χ4v) is 2.50. The van der Waals surface area contributed by atoms with E-state index < -0.39 is 18.3 Å². The van der Waals surface area contributed by atoms with Crippen molar-refractivity contribution in [2.24, 2.45) is 0 Å². The lowest BCUT2D eigenvalue weighted by Gasteiger charge is -2.32. The number of hydrogen-bond donors (Lipinski definition) is 0. The first-order valence-corrected chi connectivity index (χ1v) is 6.96. The van der Waals surface area contributed by atoms with Crippen LogP contribution in [0.25, 0.3) is 0 Å². The van der Waals surface area contributed by atoms with Crippen LogP contribution in [0.4, 0.5) is 0 Å². The molecule has 6 heteroatoms. The Hall–Kier alpha value is -1.66. The smallest absolute Gasteiger partial charge is 0.399 e. The summed E-state index contributed by atoms with van der Waals surface area (Å²) < 4.78 is 11.9.